The van der Waals surface area contributed by atoms with Crippen LogP contribution in [-0.2, 0) is 0 Å². The summed E-state index contributed by atoms with van der Waals surface area (Å²) in [4.78, 5) is 20.3. The van der Waals surface area contributed by atoms with Crippen molar-refractivity contribution in [3.8, 4) is 67.7 Å². The number of pyridine rings is 1. The molecule has 252 valence electrons. The first kappa shape index (κ1) is 31.4. The molecule has 0 aliphatic carbocycles. The van der Waals surface area contributed by atoms with E-state index in [1.807, 2.05) is 36.4 Å². The number of hydrogen-bond acceptors (Lipinski definition) is 4. The van der Waals surface area contributed by atoms with E-state index < -0.39 is 0 Å². The fourth-order valence-corrected chi connectivity index (χ4v) is 7.34. The van der Waals surface area contributed by atoms with Gasteiger partial charge in [-0.25, -0.2) is 19.9 Å². The van der Waals surface area contributed by atoms with Crippen LogP contribution in [0, 0.1) is 0 Å². The quantitative estimate of drug-likeness (QED) is 0.129. The highest BCUT2D eigenvalue weighted by Gasteiger charge is 2.15. The summed E-state index contributed by atoms with van der Waals surface area (Å²) in [5.41, 5.74) is 10.3. The van der Waals surface area contributed by atoms with E-state index in [0.717, 1.165) is 60.9 Å². The van der Waals surface area contributed by atoms with E-state index in [-0.39, 0.29) is 0 Å². The number of nitrogens with zero attached hydrogens (tertiary/aromatic N) is 4. The molecule has 2 aromatic heterocycles. The van der Waals surface area contributed by atoms with Crippen molar-refractivity contribution in [2.24, 2.45) is 0 Å². The first-order chi connectivity index (χ1) is 26.7. The van der Waals surface area contributed by atoms with Gasteiger partial charge in [-0.15, -0.1) is 0 Å². The largest absolute Gasteiger partial charge is 0.247 e. The first-order valence-corrected chi connectivity index (χ1v) is 18.1. The second kappa shape index (κ2) is 13.4. The van der Waals surface area contributed by atoms with Crippen molar-refractivity contribution in [2.75, 3.05) is 0 Å². The van der Waals surface area contributed by atoms with Crippen molar-refractivity contribution >= 4 is 32.4 Å². The van der Waals surface area contributed by atoms with Crippen LogP contribution in [0.5, 0.6) is 0 Å². The molecule has 0 saturated carbocycles. The summed E-state index contributed by atoms with van der Waals surface area (Å²) in [5, 5.41) is 5.90. The number of fused-ring (bicyclic) bond motifs is 4. The van der Waals surface area contributed by atoms with Gasteiger partial charge in [0.25, 0.3) is 0 Å². The van der Waals surface area contributed by atoms with Crippen molar-refractivity contribution in [3.05, 3.63) is 194 Å². The second-order valence-electron chi connectivity index (χ2n) is 13.5. The fourth-order valence-electron chi connectivity index (χ4n) is 7.34. The summed E-state index contributed by atoms with van der Waals surface area (Å²) in [5.74, 6) is 1.89. The lowest BCUT2D eigenvalue weighted by atomic mass is 9.95. The molecule has 0 amide bonds. The van der Waals surface area contributed by atoms with Crippen LogP contribution in [0.2, 0.25) is 0 Å². The van der Waals surface area contributed by atoms with Crippen molar-refractivity contribution in [1.29, 1.82) is 0 Å². The van der Waals surface area contributed by atoms with Crippen molar-refractivity contribution < 1.29 is 0 Å². The van der Waals surface area contributed by atoms with Crippen molar-refractivity contribution in [3.63, 3.8) is 0 Å². The lowest BCUT2D eigenvalue weighted by Gasteiger charge is -2.13. The molecular weight excluding hydrogens is 657 g/mol. The van der Waals surface area contributed by atoms with Gasteiger partial charge in [0.2, 0.25) is 0 Å². The third-order valence-corrected chi connectivity index (χ3v) is 10.1. The Morgan fingerprint density at radius 3 is 1.37 bits per heavy atom. The van der Waals surface area contributed by atoms with E-state index in [9.17, 15) is 0 Å². The molecule has 2 heterocycles. The van der Waals surface area contributed by atoms with E-state index in [2.05, 4.69) is 158 Å². The zero-order chi connectivity index (χ0) is 35.8. The normalized spacial score (nSPS) is 11.3. The summed E-state index contributed by atoms with van der Waals surface area (Å²) >= 11 is 0. The molecular formula is C50H32N4. The van der Waals surface area contributed by atoms with Crippen LogP contribution in [0.1, 0.15) is 0 Å². The molecule has 0 radical (unpaired) electrons. The van der Waals surface area contributed by atoms with Crippen LogP contribution in [0.3, 0.4) is 0 Å². The Morgan fingerprint density at radius 2 is 0.685 bits per heavy atom. The standard InChI is InChI=1S/C50H32N4/c1-3-13-33(14-4-1)34-25-27-36(28-26-34)49-52-48(35-15-5-2-6-16-35)53-50(54-49)42-22-12-20-38(30-42)37-19-11-21-41(29-37)47-44-24-10-9-23-43(44)45-31-39-17-7-8-18-40(39)32-46(45)51-47/h1-32H. The minimum absolute atomic E-state index is 0.624. The predicted molar refractivity (Wildman–Crippen MR) is 223 cm³/mol. The summed E-state index contributed by atoms with van der Waals surface area (Å²) in [6.07, 6.45) is 0. The van der Waals surface area contributed by atoms with Gasteiger partial charge in [-0.3, -0.25) is 0 Å². The van der Waals surface area contributed by atoms with Gasteiger partial charge >= 0.3 is 0 Å². The Labute approximate surface area is 313 Å². The summed E-state index contributed by atoms with van der Waals surface area (Å²) < 4.78 is 0. The van der Waals surface area contributed by atoms with E-state index in [1.165, 1.54) is 21.7 Å². The van der Waals surface area contributed by atoms with E-state index in [4.69, 9.17) is 19.9 Å². The summed E-state index contributed by atoms with van der Waals surface area (Å²) in [6, 6.07) is 67.6. The van der Waals surface area contributed by atoms with Gasteiger partial charge < -0.3 is 0 Å². The molecule has 10 rings (SSSR count). The monoisotopic (exact) mass is 688 g/mol. The molecule has 0 aliphatic heterocycles. The second-order valence-corrected chi connectivity index (χ2v) is 13.5. The van der Waals surface area contributed by atoms with Gasteiger partial charge in [0, 0.05) is 33.0 Å². The highest BCUT2D eigenvalue weighted by Crippen LogP contribution is 2.36. The molecule has 0 aliphatic rings. The molecule has 0 N–H and O–H groups in total. The van der Waals surface area contributed by atoms with Crippen molar-refractivity contribution in [1.82, 2.24) is 19.9 Å². The molecule has 4 heteroatoms. The van der Waals surface area contributed by atoms with Gasteiger partial charge in [-0.1, -0.05) is 170 Å². The molecule has 0 spiro atoms. The Morgan fingerprint density at radius 1 is 0.241 bits per heavy atom. The molecule has 0 fully saturated rings. The maximum Gasteiger partial charge on any atom is 0.164 e. The molecule has 0 saturated heterocycles. The maximum atomic E-state index is 5.30. The molecule has 8 aromatic carbocycles. The molecule has 0 bridgehead atoms. The van der Waals surface area contributed by atoms with Gasteiger partial charge in [-0.2, -0.15) is 0 Å². The first-order valence-electron chi connectivity index (χ1n) is 18.1. The average molecular weight is 689 g/mol. The zero-order valence-electron chi connectivity index (χ0n) is 29.3. The Balaban J connectivity index is 1.06. The maximum absolute atomic E-state index is 5.30. The predicted octanol–water partition coefficient (Wildman–Crippen LogP) is 12.7. The zero-order valence-corrected chi connectivity index (χ0v) is 29.3. The topological polar surface area (TPSA) is 51.6 Å². The van der Waals surface area contributed by atoms with Gasteiger partial charge in [0.1, 0.15) is 0 Å². The van der Waals surface area contributed by atoms with Crippen LogP contribution < -0.4 is 0 Å². The van der Waals surface area contributed by atoms with Gasteiger partial charge in [0.15, 0.2) is 17.5 Å². The Bertz CT molecular complexity index is 2970. The summed E-state index contributed by atoms with van der Waals surface area (Å²) in [6.45, 7) is 0. The SMILES string of the molecule is c1ccc(-c2ccc(-c3nc(-c4ccccc4)nc(-c4cccc(-c5cccc(-c6nc7cc8ccccc8cc7c7ccccc67)c5)c4)n3)cc2)cc1. The lowest BCUT2D eigenvalue weighted by molar-refractivity contribution is 1.07. The lowest BCUT2D eigenvalue weighted by Crippen LogP contribution is -2.00. The third kappa shape index (κ3) is 5.86. The fraction of sp³-hybridized carbons (Fsp3) is 0. The Hall–Kier alpha value is -7.30. The minimum atomic E-state index is 0.624. The van der Waals surface area contributed by atoms with Crippen molar-refractivity contribution in [2.45, 2.75) is 0 Å². The highest BCUT2D eigenvalue weighted by molar-refractivity contribution is 6.14. The van der Waals surface area contributed by atoms with E-state index >= 15 is 0 Å². The molecule has 0 unspecified atom stereocenters. The smallest absolute Gasteiger partial charge is 0.164 e. The number of rotatable bonds is 6. The molecule has 54 heavy (non-hydrogen) atoms. The van der Waals surface area contributed by atoms with Crippen LogP contribution in [0.4, 0.5) is 0 Å². The number of benzene rings is 8. The van der Waals surface area contributed by atoms with E-state index in [1.54, 1.807) is 0 Å². The highest BCUT2D eigenvalue weighted by atomic mass is 15.0. The molecule has 4 nitrogen and oxygen atoms in total. The number of aromatic nitrogens is 4. The number of hydrogen-bond donors (Lipinski definition) is 0. The van der Waals surface area contributed by atoms with Crippen LogP contribution in [0.25, 0.3) is 100 Å². The Kier molecular flexibility index (Phi) is 7.77. The molecule has 10 aromatic rings. The van der Waals surface area contributed by atoms with Gasteiger partial charge in [-0.05, 0) is 62.7 Å². The van der Waals surface area contributed by atoms with Crippen LogP contribution in [0.15, 0.2) is 194 Å². The average Bonchev–Trinajstić information content (AvgIpc) is 3.26. The third-order valence-electron chi connectivity index (χ3n) is 10.1. The van der Waals surface area contributed by atoms with E-state index in [0.29, 0.717) is 17.5 Å². The van der Waals surface area contributed by atoms with Crippen LogP contribution >= 0.6 is 0 Å². The summed E-state index contributed by atoms with van der Waals surface area (Å²) in [7, 11) is 0. The van der Waals surface area contributed by atoms with Gasteiger partial charge in [0.05, 0.1) is 11.2 Å². The minimum Gasteiger partial charge on any atom is -0.247 e. The molecule has 0 atom stereocenters. The van der Waals surface area contributed by atoms with Crippen LogP contribution in [-0.4, -0.2) is 19.9 Å².